The molecule has 21 heavy (non-hydrogen) atoms. The van der Waals surface area contributed by atoms with Crippen LogP contribution in [0.5, 0.6) is 0 Å². The zero-order chi connectivity index (χ0) is 15.2. The lowest BCUT2D eigenvalue weighted by atomic mass is 9.98. The number of hydrogen-bond acceptors (Lipinski definition) is 6. The number of hydrogen-bond donors (Lipinski definition) is 3. The highest BCUT2D eigenvalue weighted by Gasteiger charge is 2.44. The highest BCUT2D eigenvalue weighted by atomic mass is 16.7. The van der Waals surface area contributed by atoms with Gasteiger partial charge in [-0.2, -0.15) is 0 Å². The van der Waals surface area contributed by atoms with E-state index >= 15 is 0 Å². The fourth-order valence-electron chi connectivity index (χ4n) is 2.14. The van der Waals surface area contributed by atoms with Gasteiger partial charge in [0.25, 0.3) is 0 Å². The molecule has 5 atom stereocenters. The van der Waals surface area contributed by atoms with Crippen LogP contribution in [0.3, 0.4) is 0 Å². The van der Waals surface area contributed by atoms with Crippen LogP contribution < -0.4 is 0 Å². The number of rotatable bonds is 5. The molecule has 1 aliphatic heterocycles. The molecule has 8 nitrogen and oxygen atoms in total. The fourth-order valence-corrected chi connectivity index (χ4v) is 2.14. The smallest absolute Gasteiger partial charge is 0.169 e. The maximum atomic E-state index is 9.95. The molecule has 0 aliphatic carbocycles. The van der Waals surface area contributed by atoms with Crippen LogP contribution >= 0.6 is 0 Å². The van der Waals surface area contributed by atoms with Crippen LogP contribution in [0.1, 0.15) is 5.56 Å². The Balaban J connectivity index is 2.08. The highest BCUT2D eigenvalue weighted by Crippen LogP contribution is 2.25. The van der Waals surface area contributed by atoms with E-state index in [1.807, 2.05) is 30.3 Å². The van der Waals surface area contributed by atoms with Crippen LogP contribution in [0.15, 0.2) is 35.4 Å². The van der Waals surface area contributed by atoms with Crippen LogP contribution in [-0.2, 0) is 16.1 Å². The van der Waals surface area contributed by atoms with E-state index in [4.69, 9.17) is 20.1 Å². The van der Waals surface area contributed by atoms with Gasteiger partial charge in [-0.25, -0.2) is 0 Å². The van der Waals surface area contributed by atoms with Gasteiger partial charge in [0.2, 0.25) is 0 Å². The van der Waals surface area contributed by atoms with Crippen molar-refractivity contribution in [3.8, 4) is 0 Å². The molecule has 1 aliphatic rings. The molecule has 3 N–H and O–H groups in total. The molecule has 0 bridgehead atoms. The molecule has 0 saturated carbocycles. The Morgan fingerprint density at radius 3 is 2.57 bits per heavy atom. The number of azide groups is 1. The molecule has 1 aromatic carbocycles. The van der Waals surface area contributed by atoms with Crippen molar-refractivity contribution in [3.05, 3.63) is 46.3 Å². The van der Waals surface area contributed by atoms with Crippen LogP contribution in [0.25, 0.3) is 10.4 Å². The molecular formula is C13H17N3O5. The number of aliphatic hydroxyl groups excluding tert-OH is 3. The number of benzene rings is 1. The SMILES string of the molecule is [N-]=[N+]=N[C@H]1C(OCc2ccccc2)OC(CO)C(O)C1O. The van der Waals surface area contributed by atoms with Crippen molar-refractivity contribution in [1.82, 2.24) is 0 Å². The van der Waals surface area contributed by atoms with Gasteiger partial charge in [0.05, 0.1) is 19.3 Å². The summed E-state index contributed by atoms with van der Waals surface area (Å²) in [5, 5.41) is 32.3. The molecule has 1 heterocycles. The standard InChI is InChI=1S/C13H17N3O5/c14-16-15-10-12(19)11(18)9(6-17)21-13(10)20-7-8-4-2-1-3-5-8/h1-5,9-13,17-19H,6-7H2/t9?,10-,11?,12?,13?/m1/s1. The summed E-state index contributed by atoms with van der Waals surface area (Å²) in [6, 6.07) is 8.17. The zero-order valence-electron chi connectivity index (χ0n) is 11.2. The Bertz CT molecular complexity index is 494. The Hall–Kier alpha value is -1.67. The minimum Gasteiger partial charge on any atom is -0.394 e. The lowest BCUT2D eigenvalue weighted by Gasteiger charge is -2.40. The first kappa shape index (κ1) is 15.7. The Labute approximate surface area is 121 Å². The topological polar surface area (TPSA) is 128 Å². The molecule has 0 aromatic heterocycles. The summed E-state index contributed by atoms with van der Waals surface area (Å²) in [6.07, 6.45) is -4.75. The van der Waals surface area contributed by atoms with Crippen molar-refractivity contribution in [3.63, 3.8) is 0 Å². The van der Waals surface area contributed by atoms with Crippen LogP contribution in [-0.4, -0.2) is 52.6 Å². The lowest BCUT2D eigenvalue weighted by Crippen LogP contribution is -2.58. The van der Waals surface area contributed by atoms with Crippen molar-refractivity contribution in [2.45, 2.75) is 37.3 Å². The second-order valence-corrected chi connectivity index (χ2v) is 4.70. The Morgan fingerprint density at radius 2 is 1.95 bits per heavy atom. The van der Waals surface area contributed by atoms with E-state index in [0.717, 1.165) is 5.56 Å². The summed E-state index contributed by atoms with van der Waals surface area (Å²) < 4.78 is 10.9. The molecule has 0 amide bonds. The first-order chi connectivity index (χ1) is 10.2. The van der Waals surface area contributed by atoms with Gasteiger partial charge in [-0.3, -0.25) is 0 Å². The monoisotopic (exact) mass is 295 g/mol. The van der Waals surface area contributed by atoms with Gasteiger partial charge < -0.3 is 24.8 Å². The summed E-state index contributed by atoms with van der Waals surface area (Å²) >= 11 is 0. The Morgan fingerprint density at radius 1 is 1.24 bits per heavy atom. The second kappa shape index (κ2) is 7.37. The predicted molar refractivity (Wildman–Crippen MR) is 71.9 cm³/mol. The maximum Gasteiger partial charge on any atom is 0.169 e. The molecular weight excluding hydrogens is 278 g/mol. The normalized spacial score (nSPS) is 32.4. The van der Waals surface area contributed by atoms with Gasteiger partial charge in [0.15, 0.2) is 6.29 Å². The Kier molecular flexibility index (Phi) is 5.51. The summed E-state index contributed by atoms with van der Waals surface area (Å²) in [6.45, 7) is -0.295. The molecule has 2 rings (SSSR count). The molecule has 114 valence electrons. The first-order valence-corrected chi connectivity index (χ1v) is 6.49. The third-order valence-corrected chi connectivity index (χ3v) is 3.29. The van der Waals surface area contributed by atoms with Crippen LogP contribution in [0.4, 0.5) is 0 Å². The van der Waals surface area contributed by atoms with Gasteiger partial charge >= 0.3 is 0 Å². The largest absolute Gasteiger partial charge is 0.394 e. The van der Waals surface area contributed by atoms with E-state index in [2.05, 4.69) is 10.0 Å². The average Bonchev–Trinajstić information content (AvgIpc) is 2.52. The second-order valence-electron chi connectivity index (χ2n) is 4.70. The van der Waals surface area contributed by atoms with Crippen molar-refractivity contribution < 1.29 is 24.8 Å². The molecule has 8 heteroatoms. The molecule has 1 aromatic rings. The highest BCUT2D eigenvalue weighted by molar-refractivity contribution is 5.13. The van der Waals surface area contributed by atoms with Gasteiger partial charge in [0, 0.05) is 4.91 Å². The predicted octanol–water partition coefficient (Wildman–Crippen LogP) is 0.321. The van der Waals surface area contributed by atoms with Crippen molar-refractivity contribution in [2.75, 3.05) is 6.61 Å². The molecule has 4 unspecified atom stereocenters. The van der Waals surface area contributed by atoms with E-state index in [-0.39, 0.29) is 6.61 Å². The average molecular weight is 295 g/mol. The first-order valence-electron chi connectivity index (χ1n) is 6.49. The van der Waals surface area contributed by atoms with E-state index in [1.165, 1.54) is 0 Å². The minimum absolute atomic E-state index is 0.184. The van der Waals surface area contributed by atoms with Gasteiger partial charge in [-0.05, 0) is 11.1 Å². The van der Waals surface area contributed by atoms with E-state index in [9.17, 15) is 10.2 Å². The van der Waals surface area contributed by atoms with Gasteiger partial charge in [-0.1, -0.05) is 35.4 Å². The number of nitrogens with zero attached hydrogens (tertiary/aromatic N) is 3. The number of aliphatic hydroxyl groups is 3. The van der Waals surface area contributed by atoms with Crippen molar-refractivity contribution >= 4 is 0 Å². The van der Waals surface area contributed by atoms with E-state index < -0.39 is 37.3 Å². The molecule has 0 spiro atoms. The summed E-state index contributed by atoms with van der Waals surface area (Å²) in [4.78, 5) is 2.63. The van der Waals surface area contributed by atoms with Gasteiger partial charge in [-0.15, -0.1) is 0 Å². The molecule has 1 saturated heterocycles. The van der Waals surface area contributed by atoms with E-state index in [0.29, 0.717) is 0 Å². The van der Waals surface area contributed by atoms with Gasteiger partial charge in [0.1, 0.15) is 18.2 Å². The number of ether oxygens (including phenoxy) is 2. The maximum absolute atomic E-state index is 9.95. The van der Waals surface area contributed by atoms with Crippen molar-refractivity contribution in [2.24, 2.45) is 5.11 Å². The quantitative estimate of drug-likeness (QED) is 0.409. The molecule has 0 radical (unpaired) electrons. The van der Waals surface area contributed by atoms with Crippen molar-refractivity contribution in [1.29, 1.82) is 0 Å². The van der Waals surface area contributed by atoms with Crippen LogP contribution in [0, 0.1) is 0 Å². The van der Waals surface area contributed by atoms with E-state index in [1.54, 1.807) is 0 Å². The third-order valence-electron chi connectivity index (χ3n) is 3.29. The summed E-state index contributed by atoms with van der Waals surface area (Å²) in [5.74, 6) is 0. The summed E-state index contributed by atoms with van der Waals surface area (Å²) in [5.41, 5.74) is 9.43. The summed E-state index contributed by atoms with van der Waals surface area (Å²) in [7, 11) is 0. The lowest BCUT2D eigenvalue weighted by molar-refractivity contribution is -0.268. The van der Waals surface area contributed by atoms with Crippen LogP contribution in [0.2, 0.25) is 0 Å². The molecule has 1 fully saturated rings. The minimum atomic E-state index is -1.37. The third kappa shape index (κ3) is 3.70. The fraction of sp³-hybridized carbons (Fsp3) is 0.538. The zero-order valence-corrected chi connectivity index (χ0v) is 11.2.